The Kier molecular flexibility index (Phi) is 6.03. The zero-order valence-electron chi connectivity index (χ0n) is 4.95. The molecule has 9 heteroatoms. The Morgan fingerprint density at radius 3 is 1.10 bits per heavy atom. The van der Waals surface area contributed by atoms with Crippen molar-refractivity contribution in [2.24, 2.45) is 0 Å². The van der Waals surface area contributed by atoms with Crippen LogP contribution >= 0.6 is 14.3 Å². The lowest BCUT2D eigenvalue weighted by molar-refractivity contribution is 0.363. The first-order valence-corrected chi connectivity index (χ1v) is 6.53. The van der Waals surface area contributed by atoms with E-state index in [-0.39, 0.29) is 0 Å². The van der Waals surface area contributed by atoms with E-state index >= 15 is 0 Å². The van der Waals surface area contributed by atoms with Crippen molar-refractivity contribution in [3.05, 3.63) is 0 Å². The molecule has 0 aromatic rings. The average molecular weight is 210 g/mol. The molecule has 0 spiro atoms. The molecule has 0 atom stereocenters. The van der Waals surface area contributed by atoms with Crippen molar-refractivity contribution >= 4 is 26.1 Å². The van der Waals surface area contributed by atoms with Crippen molar-refractivity contribution in [3.63, 3.8) is 0 Å². The Balaban J connectivity index is 0. The fourth-order valence-electron chi connectivity index (χ4n) is 0. The minimum absolute atomic E-state index is 0.854. The summed E-state index contributed by atoms with van der Waals surface area (Å²) in [6, 6.07) is 0. The van der Waals surface area contributed by atoms with Crippen LogP contribution in [0, 0.1) is 0 Å². The van der Waals surface area contributed by atoms with Gasteiger partial charge in [-0.1, -0.05) is 0 Å². The highest BCUT2D eigenvalue weighted by molar-refractivity contribution is 8.06. The summed E-state index contributed by atoms with van der Waals surface area (Å²) >= 11 is 3.60. The second-order valence-electron chi connectivity index (χ2n) is 1.35. The standard InChI is InChI=1S/CH5O3P.H3O3PS/c1-5(2,3)4;1-4(2,3)5/h1H3,(H2,2,3,4);(H3,1,2,3,5). The fraction of sp³-hybridized carbons (Fsp3) is 1.00. The fourth-order valence-corrected chi connectivity index (χ4v) is 0. The second-order valence-corrected chi connectivity index (χ2v) is 5.52. The van der Waals surface area contributed by atoms with Crippen LogP contribution in [0.3, 0.4) is 0 Å². The van der Waals surface area contributed by atoms with Gasteiger partial charge in [0, 0.05) is 6.66 Å². The summed E-state index contributed by atoms with van der Waals surface area (Å²) in [4.78, 5) is 37.9. The summed E-state index contributed by atoms with van der Waals surface area (Å²) in [5.41, 5.74) is 0. The third-order valence-corrected chi connectivity index (χ3v) is 0. The molecule has 10 heavy (non-hydrogen) atoms. The Morgan fingerprint density at radius 1 is 1.10 bits per heavy atom. The molecule has 5 N–H and O–H groups in total. The Bertz CT molecular complexity index is 128. The largest absolute Gasteiger partial charge is 0.325 e. The SMILES string of the molecule is CP(=O)(O)O.OP(O)(O)=S. The van der Waals surface area contributed by atoms with Gasteiger partial charge < -0.3 is 24.5 Å². The van der Waals surface area contributed by atoms with Gasteiger partial charge >= 0.3 is 14.3 Å². The highest BCUT2D eigenvalue weighted by Crippen LogP contribution is 2.27. The van der Waals surface area contributed by atoms with E-state index in [1.807, 2.05) is 0 Å². The van der Waals surface area contributed by atoms with Crippen LogP contribution in [-0.4, -0.2) is 31.1 Å². The molecule has 0 aromatic heterocycles. The minimum atomic E-state index is -3.81. The third-order valence-electron chi connectivity index (χ3n) is 0. The monoisotopic (exact) mass is 210 g/mol. The molecule has 0 aliphatic carbocycles. The highest BCUT2D eigenvalue weighted by atomic mass is 32.5. The molecule has 0 saturated heterocycles. The van der Waals surface area contributed by atoms with Crippen molar-refractivity contribution < 1.29 is 29.0 Å². The number of rotatable bonds is 0. The summed E-state index contributed by atoms with van der Waals surface area (Å²) in [7, 11) is -3.64. The van der Waals surface area contributed by atoms with Crippen LogP contribution in [0.25, 0.3) is 0 Å². The second kappa shape index (κ2) is 4.54. The van der Waals surface area contributed by atoms with Crippen molar-refractivity contribution in [3.8, 4) is 0 Å². The van der Waals surface area contributed by atoms with E-state index in [0.717, 1.165) is 6.66 Å². The average Bonchev–Trinajstić information content (AvgIpc) is 1.12. The topological polar surface area (TPSA) is 118 Å². The third kappa shape index (κ3) is 1110. The predicted molar refractivity (Wildman–Crippen MR) is 38.9 cm³/mol. The maximum absolute atomic E-state index is 9.33. The van der Waals surface area contributed by atoms with Crippen molar-refractivity contribution in [2.45, 2.75) is 0 Å². The van der Waals surface area contributed by atoms with Crippen LogP contribution < -0.4 is 0 Å². The molecule has 0 aliphatic heterocycles. The van der Waals surface area contributed by atoms with E-state index in [1.165, 1.54) is 0 Å². The number of hydrogen-bond acceptors (Lipinski definition) is 2. The first-order valence-electron chi connectivity index (χ1n) is 1.81. The first kappa shape index (κ1) is 13.3. The zero-order chi connectivity index (χ0) is 9.00. The van der Waals surface area contributed by atoms with Crippen LogP contribution in [0.2, 0.25) is 0 Å². The molecular weight excluding hydrogens is 202 g/mol. The molecule has 0 amide bonds. The Labute approximate surface area is 62.6 Å². The van der Waals surface area contributed by atoms with E-state index in [9.17, 15) is 4.57 Å². The molecule has 0 aliphatic rings. The molecule has 0 bridgehead atoms. The summed E-state index contributed by atoms with van der Waals surface area (Å²) in [5, 5.41) is 0. The zero-order valence-corrected chi connectivity index (χ0v) is 7.55. The lowest BCUT2D eigenvalue weighted by Crippen LogP contribution is -1.65. The van der Waals surface area contributed by atoms with Gasteiger partial charge in [-0.2, -0.15) is 0 Å². The molecule has 0 aromatic carbocycles. The number of hydrogen-bond donors (Lipinski definition) is 5. The van der Waals surface area contributed by atoms with Crippen LogP contribution in [0.15, 0.2) is 0 Å². The van der Waals surface area contributed by atoms with Gasteiger partial charge in [-0.25, -0.2) is 0 Å². The van der Waals surface area contributed by atoms with Gasteiger partial charge in [0.25, 0.3) is 0 Å². The van der Waals surface area contributed by atoms with Gasteiger partial charge in [0.15, 0.2) is 0 Å². The molecule has 6 nitrogen and oxygen atoms in total. The van der Waals surface area contributed by atoms with Crippen molar-refractivity contribution in [1.29, 1.82) is 0 Å². The molecule has 64 valence electrons. The summed E-state index contributed by atoms with van der Waals surface area (Å²) in [6.07, 6.45) is 0. The van der Waals surface area contributed by atoms with Crippen LogP contribution in [0.4, 0.5) is 0 Å². The van der Waals surface area contributed by atoms with Gasteiger partial charge in [-0.15, -0.1) is 0 Å². The Morgan fingerprint density at radius 2 is 1.10 bits per heavy atom. The lowest BCUT2D eigenvalue weighted by Gasteiger charge is -1.88. The Hall–Kier alpha value is 0.680. The van der Waals surface area contributed by atoms with Crippen LogP contribution in [-0.2, 0) is 16.4 Å². The normalized spacial score (nSPS) is 11.8. The maximum Gasteiger partial charge on any atom is 0.322 e. The van der Waals surface area contributed by atoms with E-state index in [2.05, 4.69) is 11.8 Å². The molecule has 0 heterocycles. The van der Waals surface area contributed by atoms with Gasteiger partial charge in [0.05, 0.1) is 0 Å². The maximum atomic E-state index is 9.33. The van der Waals surface area contributed by atoms with Gasteiger partial charge in [0.2, 0.25) is 0 Å². The van der Waals surface area contributed by atoms with E-state index < -0.39 is 14.3 Å². The molecule has 0 fully saturated rings. The first-order chi connectivity index (χ1) is 4.00. The summed E-state index contributed by atoms with van der Waals surface area (Å²) < 4.78 is 9.33. The molecule has 0 unspecified atom stereocenters. The van der Waals surface area contributed by atoms with E-state index in [1.54, 1.807) is 0 Å². The van der Waals surface area contributed by atoms with Crippen molar-refractivity contribution in [2.75, 3.05) is 6.66 Å². The lowest BCUT2D eigenvalue weighted by atomic mass is 12.0. The predicted octanol–water partition coefficient (Wildman–Crippen LogP) is -1.02. The quantitative estimate of drug-likeness (QED) is 0.325. The molecule has 0 saturated carbocycles. The van der Waals surface area contributed by atoms with Crippen LogP contribution in [0.5, 0.6) is 0 Å². The summed E-state index contributed by atoms with van der Waals surface area (Å²) in [5.74, 6) is 0. The smallest absolute Gasteiger partial charge is 0.322 e. The summed E-state index contributed by atoms with van der Waals surface area (Å²) in [6.45, 7) is -2.95. The van der Waals surface area contributed by atoms with Gasteiger partial charge in [0.1, 0.15) is 0 Å². The molecular formula is CH8O6P2S. The van der Waals surface area contributed by atoms with E-state index in [4.69, 9.17) is 24.5 Å². The van der Waals surface area contributed by atoms with E-state index in [0.29, 0.717) is 0 Å². The minimum Gasteiger partial charge on any atom is -0.325 e. The van der Waals surface area contributed by atoms with Gasteiger partial charge in [-0.05, 0) is 11.8 Å². The van der Waals surface area contributed by atoms with Crippen LogP contribution in [0.1, 0.15) is 0 Å². The van der Waals surface area contributed by atoms with Gasteiger partial charge in [-0.3, -0.25) is 4.57 Å². The molecule has 0 radical (unpaired) electrons. The molecule has 0 rings (SSSR count). The van der Waals surface area contributed by atoms with Crippen molar-refractivity contribution in [1.82, 2.24) is 0 Å². The highest BCUT2D eigenvalue weighted by Gasteiger charge is 1.95.